The van der Waals surface area contributed by atoms with Gasteiger partial charge in [0.2, 0.25) is 5.89 Å². The molecule has 1 aromatic heterocycles. The van der Waals surface area contributed by atoms with Crippen LogP contribution in [0.3, 0.4) is 0 Å². The van der Waals surface area contributed by atoms with E-state index in [0.29, 0.717) is 36.2 Å². The Kier molecular flexibility index (Phi) is 5.10. The molecule has 2 aromatic rings. The molecule has 1 aliphatic rings. The Hall–Kier alpha value is -2.41. The number of carbonyl (C=O) groups excluding carboxylic acids is 1. The lowest BCUT2D eigenvalue weighted by Gasteiger charge is -2.32. The third kappa shape index (κ3) is 3.73. The molecular formula is C17H21N3O4. The van der Waals surface area contributed by atoms with Gasteiger partial charge in [-0.05, 0) is 25.0 Å². The minimum Gasteiger partial charge on any atom is -0.496 e. The molecule has 0 radical (unpaired) electrons. The second kappa shape index (κ2) is 7.44. The zero-order valence-electron chi connectivity index (χ0n) is 13.9. The summed E-state index contributed by atoms with van der Waals surface area (Å²) < 4.78 is 16.1. The molecule has 7 heteroatoms. The summed E-state index contributed by atoms with van der Waals surface area (Å²) in [5.41, 5.74) is 0.578. The van der Waals surface area contributed by atoms with Crippen molar-refractivity contribution in [1.82, 2.24) is 15.0 Å². The molecule has 7 nitrogen and oxygen atoms in total. The molecule has 3 rings (SSSR count). The van der Waals surface area contributed by atoms with Crippen LogP contribution in [-0.4, -0.2) is 47.3 Å². The van der Waals surface area contributed by atoms with Gasteiger partial charge in [0.05, 0.1) is 18.8 Å². The van der Waals surface area contributed by atoms with Crippen molar-refractivity contribution in [3.05, 3.63) is 41.5 Å². The average molecular weight is 331 g/mol. The van der Waals surface area contributed by atoms with E-state index in [1.54, 1.807) is 26.2 Å². The molecule has 128 valence electrons. The molecule has 1 unspecified atom stereocenters. The number of para-hydroxylation sites is 1. The molecule has 1 aliphatic heterocycles. The highest BCUT2D eigenvalue weighted by Gasteiger charge is 2.26. The standard InChI is InChI=1S/C17H21N3O4/c1-12-18-16(19-24-12)11-23-13-6-5-9-20(10-13)17(21)14-7-3-4-8-15(14)22-2/h3-4,7-8,13H,5-6,9-11H2,1-2H3. The Morgan fingerprint density at radius 3 is 3.00 bits per heavy atom. The predicted octanol–water partition coefficient (Wildman–Crippen LogP) is 2.21. The van der Waals surface area contributed by atoms with Gasteiger partial charge in [0.15, 0.2) is 5.82 Å². The summed E-state index contributed by atoms with van der Waals surface area (Å²) in [6.07, 6.45) is 1.78. The lowest BCUT2D eigenvalue weighted by Crippen LogP contribution is -2.43. The number of hydrogen-bond acceptors (Lipinski definition) is 6. The number of ether oxygens (including phenoxy) is 2. The number of aryl methyl sites for hydroxylation is 1. The molecule has 1 saturated heterocycles. The number of amides is 1. The SMILES string of the molecule is COc1ccccc1C(=O)N1CCCC(OCc2noc(C)n2)C1. The molecule has 1 amide bonds. The summed E-state index contributed by atoms with van der Waals surface area (Å²) in [6, 6.07) is 7.27. The van der Waals surface area contributed by atoms with E-state index < -0.39 is 0 Å². The molecule has 1 fully saturated rings. The Balaban J connectivity index is 1.61. The van der Waals surface area contributed by atoms with Crippen molar-refractivity contribution in [2.75, 3.05) is 20.2 Å². The highest BCUT2D eigenvalue weighted by atomic mass is 16.5. The fraction of sp³-hybridized carbons (Fsp3) is 0.471. The van der Waals surface area contributed by atoms with Crippen molar-refractivity contribution < 1.29 is 18.8 Å². The zero-order chi connectivity index (χ0) is 16.9. The Bertz CT molecular complexity index is 701. The summed E-state index contributed by atoms with van der Waals surface area (Å²) in [5.74, 6) is 1.61. The van der Waals surface area contributed by atoms with Gasteiger partial charge in [0.25, 0.3) is 5.91 Å². The maximum atomic E-state index is 12.8. The van der Waals surface area contributed by atoms with E-state index in [9.17, 15) is 4.79 Å². The van der Waals surface area contributed by atoms with E-state index in [1.165, 1.54) is 0 Å². The molecule has 0 bridgehead atoms. The Labute approximate surface area is 140 Å². The van der Waals surface area contributed by atoms with Crippen LogP contribution in [0.2, 0.25) is 0 Å². The van der Waals surface area contributed by atoms with Crippen LogP contribution < -0.4 is 4.74 Å². The van der Waals surface area contributed by atoms with Gasteiger partial charge in [0, 0.05) is 20.0 Å². The quantitative estimate of drug-likeness (QED) is 0.836. The van der Waals surface area contributed by atoms with E-state index in [-0.39, 0.29) is 12.0 Å². The van der Waals surface area contributed by atoms with Crippen LogP contribution in [0.1, 0.15) is 34.9 Å². The van der Waals surface area contributed by atoms with Crippen molar-refractivity contribution in [2.24, 2.45) is 0 Å². The summed E-state index contributed by atoms with van der Waals surface area (Å²) in [4.78, 5) is 18.7. The monoisotopic (exact) mass is 331 g/mol. The number of aromatic nitrogens is 2. The van der Waals surface area contributed by atoms with Gasteiger partial charge in [-0.2, -0.15) is 4.98 Å². The van der Waals surface area contributed by atoms with Crippen LogP contribution in [0.4, 0.5) is 0 Å². The molecule has 1 atom stereocenters. The van der Waals surface area contributed by atoms with Gasteiger partial charge in [-0.1, -0.05) is 17.3 Å². The smallest absolute Gasteiger partial charge is 0.257 e. The number of methoxy groups -OCH3 is 1. The first-order valence-corrected chi connectivity index (χ1v) is 8.00. The summed E-state index contributed by atoms with van der Waals surface area (Å²) >= 11 is 0. The van der Waals surface area contributed by atoms with Crippen molar-refractivity contribution >= 4 is 5.91 Å². The number of carbonyl (C=O) groups is 1. The minimum atomic E-state index is -0.0313. The highest BCUT2D eigenvalue weighted by Crippen LogP contribution is 2.22. The van der Waals surface area contributed by atoms with Crippen molar-refractivity contribution in [2.45, 2.75) is 32.5 Å². The third-order valence-electron chi connectivity index (χ3n) is 4.02. The first-order chi connectivity index (χ1) is 11.7. The first kappa shape index (κ1) is 16.4. The van der Waals surface area contributed by atoms with Crippen molar-refractivity contribution in [3.63, 3.8) is 0 Å². The maximum Gasteiger partial charge on any atom is 0.257 e. The molecule has 1 aromatic carbocycles. The number of rotatable bonds is 5. The molecule has 0 N–H and O–H groups in total. The first-order valence-electron chi connectivity index (χ1n) is 8.00. The normalized spacial score (nSPS) is 17.8. The van der Waals surface area contributed by atoms with E-state index in [1.807, 2.05) is 17.0 Å². The van der Waals surface area contributed by atoms with Crippen LogP contribution >= 0.6 is 0 Å². The van der Waals surface area contributed by atoms with Gasteiger partial charge in [-0.15, -0.1) is 0 Å². The van der Waals surface area contributed by atoms with Crippen molar-refractivity contribution in [3.8, 4) is 5.75 Å². The second-order valence-corrected chi connectivity index (χ2v) is 5.76. The number of hydrogen-bond donors (Lipinski definition) is 0. The lowest BCUT2D eigenvalue weighted by molar-refractivity contribution is -0.00968. The maximum absolute atomic E-state index is 12.8. The average Bonchev–Trinajstić information content (AvgIpc) is 3.05. The molecule has 24 heavy (non-hydrogen) atoms. The van der Waals surface area contributed by atoms with E-state index in [4.69, 9.17) is 14.0 Å². The lowest BCUT2D eigenvalue weighted by atomic mass is 10.1. The Morgan fingerprint density at radius 1 is 1.42 bits per heavy atom. The van der Waals surface area contributed by atoms with E-state index in [0.717, 1.165) is 19.4 Å². The number of nitrogens with zero attached hydrogens (tertiary/aromatic N) is 3. The van der Waals surface area contributed by atoms with Gasteiger partial charge in [0.1, 0.15) is 12.4 Å². The minimum absolute atomic E-state index is 0.0313. The van der Waals surface area contributed by atoms with Crippen LogP contribution in [-0.2, 0) is 11.3 Å². The summed E-state index contributed by atoms with van der Waals surface area (Å²) in [7, 11) is 1.57. The molecule has 0 aliphatic carbocycles. The molecule has 0 saturated carbocycles. The number of benzene rings is 1. The van der Waals surface area contributed by atoms with Crippen molar-refractivity contribution in [1.29, 1.82) is 0 Å². The third-order valence-corrected chi connectivity index (χ3v) is 4.02. The zero-order valence-corrected chi connectivity index (χ0v) is 13.9. The topological polar surface area (TPSA) is 77.7 Å². The van der Waals surface area contributed by atoms with Gasteiger partial charge < -0.3 is 18.9 Å². The molecular weight excluding hydrogens is 310 g/mol. The number of likely N-dealkylation sites (tertiary alicyclic amines) is 1. The summed E-state index contributed by atoms with van der Waals surface area (Å²) in [6.45, 7) is 3.30. The molecule has 2 heterocycles. The van der Waals surface area contributed by atoms with E-state index >= 15 is 0 Å². The van der Waals surface area contributed by atoms with Gasteiger partial charge in [-0.3, -0.25) is 4.79 Å². The number of piperidine rings is 1. The molecule has 0 spiro atoms. The van der Waals surface area contributed by atoms with Gasteiger partial charge in [-0.25, -0.2) is 0 Å². The van der Waals surface area contributed by atoms with Gasteiger partial charge >= 0.3 is 0 Å². The largest absolute Gasteiger partial charge is 0.496 e. The van der Waals surface area contributed by atoms with Crippen LogP contribution in [0.5, 0.6) is 5.75 Å². The fourth-order valence-electron chi connectivity index (χ4n) is 2.84. The highest BCUT2D eigenvalue weighted by molar-refractivity contribution is 5.97. The van der Waals surface area contributed by atoms with Crippen LogP contribution in [0.15, 0.2) is 28.8 Å². The Morgan fingerprint density at radius 2 is 2.25 bits per heavy atom. The van der Waals surface area contributed by atoms with E-state index in [2.05, 4.69) is 10.1 Å². The second-order valence-electron chi connectivity index (χ2n) is 5.76. The van der Waals surface area contributed by atoms with Crippen LogP contribution in [0, 0.1) is 6.92 Å². The van der Waals surface area contributed by atoms with Crippen LogP contribution in [0.25, 0.3) is 0 Å². The fourth-order valence-corrected chi connectivity index (χ4v) is 2.84. The summed E-state index contributed by atoms with van der Waals surface area (Å²) in [5, 5.41) is 3.82. The predicted molar refractivity (Wildman–Crippen MR) is 85.7 cm³/mol.